The predicted molar refractivity (Wildman–Crippen MR) is 78.6 cm³/mol. The Bertz CT molecular complexity index is 482. The van der Waals surface area contributed by atoms with Gasteiger partial charge in [-0.15, -0.1) is 0 Å². The van der Waals surface area contributed by atoms with Crippen molar-refractivity contribution in [1.29, 1.82) is 0 Å². The molecule has 0 aromatic heterocycles. The molecule has 4 nitrogen and oxygen atoms in total. The maximum Gasteiger partial charge on any atom is 0.325 e. The van der Waals surface area contributed by atoms with Crippen LogP contribution in [-0.4, -0.2) is 23.0 Å². The Kier molecular flexibility index (Phi) is 5.74. The molecule has 0 aliphatic heterocycles. The Hall–Kier alpha value is -1.84. The molecular weight excluding hydrogens is 254 g/mol. The number of carboxylic acids is 1. The first-order valence-corrected chi connectivity index (χ1v) is 6.93. The van der Waals surface area contributed by atoms with E-state index in [2.05, 4.69) is 19.2 Å². The van der Waals surface area contributed by atoms with Crippen molar-refractivity contribution in [2.24, 2.45) is 5.92 Å². The second-order valence-electron chi connectivity index (χ2n) is 5.63. The summed E-state index contributed by atoms with van der Waals surface area (Å²) in [6, 6.07) is 7.05. The summed E-state index contributed by atoms with van der Waals surface area (Å²) in [5, 5.41) is 11.3. The largest absolute Gasteiger partial charge is 0.480 e. The van der Waals surface area contributed by atoms with Gasteiger partial charge in [-0.05, 0) is 37.3 Å². The fraction of sp³-hybridized carbons (Fsp3) is 0.500. The van der Waals surface area contributed by atoms with Gasteiger partial charge < -0.3 is 10.4 Å². The van der Waals surface area contributed by atoms with E-state index in [0.29, 0.717) is 5.92 Å². The van der Waals surface area contributed by atoms with Gasteiger partial charge in [0.15, 0.2) is 0 Å². The lowest BCUT2D eigenvalue weighted by atomic mass is 9.95. The zero-order chi connectivity index (χ0) is 15.3. The van der Waals surface area contributed by atoms with Gasteiger partial charge in [0.25, 0.3) is 0 Å². The van der Waals surface area contributed by atoms with Gasteiger partial charge in [0.2, 0.25) is 5.91 Å². The maximum absolute atomic E-state index is 12.0. The number of carbonyl (C=O) groups is 2. The zero-order valence-corrected chi connectivity index (χ0v) is 12.5. The Morgan fingerprint density at radius 3 is 2.40 bits per heavy atom. The number of hydrogen-bond donors (Lipinski definition) is 2. The molecule has 0 heterocycles. The molecule has 1 rings (SSSR count). The van der Waals surface area contributed by atoms with Gasteiger partial charge in [0.1, 0.15) is 6.04 Å². The van der Waals surface area contributed by atoms with Gasteiger partial charge in [0.05, 0.1) is 5.92 Å². The van der Waals surface area contributed by atoms with E-state index in [0.717, 1.165) is 12.0 Å². The van der Waals surface area contributed by atoms with Crippen LogP contribution in [0.4, 0.5) is 0 Å². The van der Waals surface area contributed by atoms with Gasteiger partial charge in [-0.2, -0.15) is 0 Å². The lowest BCUT2D eigenvalue weighted by Gasteiger charge is -2.16. The van der Waals surface area contributed by atoms with Crippen LogP contribution in [0.5, 0.6) is 0 Å². The van der Waals surface area contributed by atoms with Crippen molar-refractivity contribution in [2.75, 3.05) is 0 Å². The Balaban J connectivity index is 2.78. The van der Waals surface area contributed by atoms with E-state index >= 15 is 0 Å². The van der Waals surface area contributed by atoms with Crippen molar-refractivity contribution in [3.63, 3.8) is 0 Å². The van der Waals surface area contributed by atoms with E-state index in [-0.39, 0.29) is 11.8 Å². The molecule has 1 aromatic rings. The first kappa shape index (κ1) is 16.2. The third kappa shape index (κ3) is 4.68. The molecule has 0 aliphatic carbocycles. The van der Waals surface area contributed by atoms with Crippen LogP contribution >= 0.6 is 0 Å². The highest BCUT2D eigenvalue weighted by Crippen LogP contribution is 2.18. The van der Waals surface area contributed by atoms with Gasteiger partial charge in [-0.25, -0.2) is 0 Å². The summed E-state index contributed by atoms with van der Waals surface area (Å²) in [4.78, 5) is 22.8. The number of aliphatic carboxylic acids is 1. The number of rotatable bonds is 6. The van der Waals surface area contributed by atoms with Crippen molar-refractivity contribution in [3.05, 3.63) is 35.4 Å². The molecule has 20 heavy (non-hydrogen) atoms. The van der Waals surface area contributed by atoms with Crippen LogP contribution in [0.2, 0.25) is 0 Å². The number of carbonyl (C=O) groups excluding carboxylic acids is 1. The molecule has 110 valence electrons. The molecule has 0 saturated heterocycles. The number of amides is 1. The summed E-state index contributed by atoms with van der Waals surface area (Å²) in [6.45, 7) is 7.55. The summed E-state index contributed by atoms with van der Waals surface area (Å²) < 4.78 is 0. The smallest absolute Gasteiger partial charge is 0.325 e. The number of carboxylic acid groups (broad SMARTS) is 1. The summed E-state index contributed by atoms with van der Waals surface area (Å²) >= 11 is 0. The van der Waals surface area contributed by atoms with Crippen LogP contribution in [0.1, 0.15) is 44.7 Å². The van der Waals surface area contributed by atoms with Crippen LogP contribution in [0.3, 0.4) is 0 Å². The van der Waals surface area contributed by atoms with E-state index in [1.54, 1.807) is 6.92 Å². The van der Waals surface area contributed by atoms with Crippen molar-refractivity contribution in [3.8, 4) is 0 Å². The fourth-order valence-electron chi connectivity index (χ4n) is 2.01. The SMILES string of the molecule is CC(C)Cc1cccc(C(C)C(=O)N[C@@H](C)C(=O)O)c1. The highest BCUT2D eigenvalue weighted by atomic mass is 16.4. The molecule has 0 spiro atoms. The van der Waals surface area contributed by atoms with E-state index in [9.17, 15) is 9.59 Å². The second-order valence-corrected chi connectivity index (χ2v) is 5.63. The highest BCUT2D eigenvalue weighted by Gasteiger charge is 2.20. The third-order valence-electron chi connectivity index (χ3n) is 3.22. The van der Waals surface area contributed by atoms with Gasteiger partial charge in [-0.1, -0.05) is 38.1 Å². The molecule has 0 saturated carbocycles. The van der Waals surface area contributed by atoms with Gasteiger partial charge >= 0.3 is 5.97 Å². The van der Waals surface area contributed by atoms with Crippen molar-refractivity contribution in [1.82, 2.24) is 5.32 Å². The van der Waals surface area contributed by atoms with Gasteiger partial charge in [-0.3, -0.25) is 9.59 Å². The summed E-state index contributed by atoms with van der Waals surface area (Å²) in [5.74, 6) is -1.09. The molecule has 1 amide bonds. The minimum absolute atomic E-state index is 0.262. The van der Waals surface area contributed by atoms with E-state index in [1.165, 1.54) is 12.5 Å². The van der Waals surface area contributed by atoms with Crippen molar-refractivity contribution in [2.45, 2.75) is 46.1 Å². The first-order valence-electron chi connectivity index (χ1n) is 6.93. The number of benzene rings is 1. The van der Waals surface area contributed by atoms with Crippen LogP contribution in [0.25, 0.3) is 0 Å². The Labute approximate surface area is 120 Å². The van der Waals surface area contributed by atoms with E-state index in [4.69, 9.17) is 5.11 Å². The minimum atomic E-state index is -1.03. The molecule has 1 unspecified atom stereocenters. The molecule has 2 atom stereocenters. The third-order valence-corrected chi connectivity index (χ3v) is 3.22. The average Bonchev–Trinajstić information content (AvgIpc) is 2.37. The quantitative estimate of drug-likeness (QED) is 0.840. The molecule has 4 heteroatoms. The standard InChI is InChI=1S/C16H23NO3/c1-10(2)8-13-6-5-7-14(9-13)11(3)15(18)17-12(4)16(19)20/h5-7,9-12H,8H2,1-4H3,(H,17,18)(H,19,20)/t11?,12-/m0/s1. The molecule has 2 N–H and O–H groups in total. The maximum atomic E-state index is 12.0. The predicted octanol–water partition coefficient (Wildman–Crippen LogP) is 2.58. The van der Waals surface area contributed by atoms with Crippen LogP contribution < -0.4 is 5.32 Å². The lowest BCUT2D eigenvalue weighted by Crippen LogP contribution is -2.40. The zero-order valence-electron chi connectivity index (χ0n) is 12.5. The molecule has 1 aromatic carbocycles. The van der Waals surface area contributed by atoms with E-state index < -0.39 is 12.0 Å². The van der Waals surface area contributed by atoms with Crippen LogP contribution in [-0.2, 0) is 16.0 Å². The van der Waals surface area contributed by atoms with Crippen molar-refractivity contribution < 1.29 is 14.7 Å². The summed E-state index contributed by atoms with van der Waals surface area (Å²) in [5.41, 5.74) is 2.11. The Morgan fingerprint density at radius 2 is 1.85 bits per heavy atom. The molecular formula is C16H23NO3. The fourth-order valence-corrected chi connectivity index (χ4v) is 2.01. The van der Waals surface area contributed by atoms with Crippen LogP contribution in [0.15, 0.2) is 24.3 Å². The molecule has 0 radical (unpaired) electrons. The monoisotopic (exact) mass is 277 g/mol. The highest BCUT2D eigenvalue weighted by molar-refractivity contribution is 5.87. The van der Waals surface area contributed by atoms with Gasteiger partial charge in [0, 0.05) is 0 Å². The molecule has 0 bridgehead atoms. The molecule has 0 fully saturated rings. The molecule has 0 aliphatic rings. The number of hydrogen-bond acceptors (Lipinski definition) is 2. The average molecular weight is 277 g/mol. The second kappa shape index (κ2) is 7.08. The lowest BCUT2D eigenvalue weighted by molar-refractivity contribution is -0.141. The normalized spacial score (nSPS) is 13.8. The van der Waals surface area contributed by atoms with Crippen molar-refractivity contribution >= 4 is 11.9 Å². The minimum Gasteiger partial charge on any atom is -0.480 e. The van der Waals surface area contributed by atoms with Crippen LogP contribution in [0, 0.1) is 5.92 Å². The van der Waals surface area contributed by atoms with E-state index in [1.807, 2.05) is 24.3 Å². The Morgan fingerprint density at radius 1 is 1.20 bits per heavy atom. The summed E-state index contributed by atoms with van der Waals surface area (Å²) in [7, 11) is 0. The first-order chi connectivity index (χ1) is 9.31. The summed E-state index contributed by atoms with van der Waals surface area (Å²) in [6.07, 6.45) is 0.966. The number of nitrogens with one attached hydrogen (secondary N) is 1. The topological polar surface area (TPSA) is 66.4 Å².